The van der Waals surface area contributed by atoms with Gasteiger partial charge in [0.25, 0.3) is 0 Å². The Labute approximate surface area is 93.9 Å². The maximum atomic E-state index is 11.2. The first-order valence-corrected chi connectivity index (χ1v) is 5.00. The van der Waals surface area contributed by atoms with Crippen LogP contribution in [-0.2, 0) is 4.74 Å². The lowest BCUT2D eigenvalue weighted by molar-refractivity contribution is 0.0587. The molecule has 1 aromatic rings. The topological polar surface area (TPSA) is 75.5 Å². The van der Waals surface area contributed by atoms with Crippen molar-refractivity contribution in [3.63, 3.8) is 0 Å². The van der Waals surface area contributed by atoms with Crippen LogP contribution >= 0.6 is 0 Å². The monoisotopic (exact) mass is 225 g/mol. The van der Waals surface area contributed by atoms with Crippen molar-refractivity contribution in [1.82, 2.24) is 9.97 Å². The second kappa shape index (κ2) is 6.02. The summed E-state index contributed by atoms with van der Waals surface area (Å²) in [5.74, 6) is 0.0604. The maximum absolute atomic E-state index is 11.2. The molecular weight excluding hydrogens is 210 g/mol. The van der Waals surface area contributed by atoms with Crippen LogP contribution in [-0.4, -0.2) is 47.8 Å². The van der Waals surface area contributed by atoms with E-state index < -0.39 is 5.97 Å². The number of carbonyl (C=O) groups excluding carboxylic acids is 1. The second-order valence-electron chi connectivity index (χ2n) is 3.03. The molecule has 6 heteroatoms. The van der Waals surface area contributed by atoms with Gasteiger partial charge in [-0.2, -0.15) is 0 Å². The zero-order chi connectivity index (χ0) is 12.0. The average molecular weight is 225 g/mol. The van der Waals surface area contributed by atoms with Crippen LogP contribution in [0.2, 0.25) is 0 Å². The van der Waals surface area contributed by atoms with Crippen LogP contribution in [0.4, 0.5) is 5.82 Å². The summed E-state index contributed by atoms with van der Waals surface area (Å²) in [7, 11) is 1.28. The highest BCUT2D eigenvalue weighted by atomic mass is 16.5. The first-order valence-electron chi connectivity index (χ1n) is 5.00. The predicted molar refractivity (Wildman–Crippen MR) is 58.3 cm³/mol. The Morgan fingerprint density at radius 1 is 1.62 bits per heavy atom. The van der Waals surface area contributed by atoms with Crippen molar-refractivity contribution in [2.45, 2.75) is 6.92 Å². The van der Waals surface area contributed by atoms with Crippen LogP contribution in [0.3, 0.4) is 0 Å². The van der Waals surface area contributed by atoms with Crippen LogP contribution in [0.15, 0.2) is 12.3 Å². The quantitative estimate of drug-likeness (QED) is 0.715. The van der Waals surface area contributed by atoms with Gasteiger partial charge in [-0.05, 0) is 13.0 Å². The third-order valence-corrected chi connectivity index (χ3v) is 2.08. The van der Waals surface area contributed by atoms with Crippen molar-refractivity contribution < 1.29 is 14.6 Å². The molecule has 1 rings (SSSR count). The maximum Gasteiger partial charge on any atom is 0.376 e. The van der Waals surface area contributed by atoms with Crippen LogP contribution in [0.1, 0.15) is 17.5 Å². The molecule has 0 radical (unpaired) electrons. The number of aliphatic hydroxyl groups is 1. The number of aliphatic hydroxyl groups excluding tert-OH is 1. The van der Waals surface area contributed by atoms with E-state index in [0.717, 1.165) is 0 Å². The average Bonchev–Trinajstić information content (AvgIpc) is 2.35. The van der Waals surface area contributed by atoms with E-state index in [4.69, 9.17) is 5.11 Å². The van der Waals surface area contributed by atoms with Gasteiger partial charge in [-0.3, -0.25) is 0 Å². The van der Waals surface area contributed by atoms with Crippen molar-refractivity contribution >= 4 is 11.8 Å². The fraction of sp³-hybridized carbons (Fsp3) is 0.500. The van der Waals surface area contributed by atoms with Gasteiger partial charge in [0.15, 0.2) is 0 Å². The van der Waals surface area contributed by atoms with Gasteiger partial charge in [0.2, 0.25) is 5.82 Å². The number of esters is 1. The number of nitrogens with zero attached hydrogens (tertiary/aromatic N) is 3. The molecule has 6 nitrogen and oxygen atoms in total. The van der Waals surface area contributed by atoms with Crippen LogP contribution in [0, 0.1) is 0 Å². The zero-order valence-corrected chi connectivity index (χ0v) is 9.38. The Bertz CT molecular complexity index is 357. The van der Waals surface area contributed by atoms with Gasteiger partial charge in [0.05, 0.1) is 13.7 Å². The highest BCUT2D eigenvalue weighted by Gasteiger charge is 2.12. The minimum Gasteiger partial charge on any atom is -0.463 e. The smallest absolute Gasteiger partial charge is 0.376 e. The summed E-state index contributed by atoms with van der Waals surface area (Å²) in [5, 5.41) is 8.88. The highest BCUT2D eigenvalue weighted by molar-refractivity contribution is 5.85. The van der Waals surface area contributed by atoms with Crippen molar-refractivity contribution in [3.8, 4) is 0 Å². The molecule has 0 fully saturated rings. The number of methoxy groups -OCH3 is 1. The van der Waals surface area contributed by atoms with Gasteiger partial charge >= 0.3 is 5.97 Å². The molecule has 0 saturated carbocycles. The van der Waals surface area contributed by atoms with Crippen molar-refractivity contribution in [2.75, 3.05) is 31.7 Å². The Morgan fingerprint density at radius 2 is 2.38 bits per heavy atom. The van der Waals surface area contributed by atoms with Gasteiger partial charge < -0.3 is 14.7 Å². The van der Waals surface area contributed by atoms with Crippen molar-refractivity contribution in [2.24, 2.45) is 0 Å². The normalized spacial score (nSPS) is 9.94. The molecule has 0 bridgehead atoms. The number of hydrogen-bond donors (Lipinski definition) is 1. The Balaban J connectivity index is 2.92. The van der Waals surface area contributed by atoms with Gasteiger partial charge in [-0.25, -0.2) is 14.8 Å². The van der Waals surface area contributed by atoms with E-state index in [1.54, 1.807) is 6.07 Å². The second-order valence-corrected chi connectivity index (χ2v) is 3.03. The summed E-state index contributed by atoms with van der Waals surface area (Å²) in [5.41, 5.74) is 0. The van der Waals surface area contributed by atoms with E-state index >= 15 is 0 Å². The Kier molecular flexibility index (Phi) is 4.65. The standard InChI is InChI=1S/C10H15N3O3/c1-3-13(6-7-14)8-4-5-11-9(12-8)10(15)16-2/h4-5,14H,3,6-7H2,1-2H3. The molecule has 16 heavy (non-hydrogen) atoms. The van der Waals surface area contributed by atoms with Gasteiger partial charge in [0, 0.05) is 19.3 Å². The summed E-state index contributed by atoms with van der Waals surface area (Å²) < 4.78 is 4.53. The third kappa shape index (κ3) is 2.90. The van der Waals surface area contributed by atoms with Crippen molar-refractivity contribution in [3.05, 3.63) is 18.1 Å². The predicted octanol–water partition coefficient (Wildman–Crippen LogP) is 0.0818. The summed E-state index contributed by atoms with van der Waals surface area (Å²) >= 11 is 0. The molecule has 0 aliphatic rings. The minimum absolute atomic E-state index is 0.0244. The van der Waals surface area contributed by atoms with Crippen LogP contribution < -0.4 is 4.90 Å². The highest BCUT2D eigenvalue weighted by Crippen LogP contribution is 2.09. The summed E-state index contributed by atoms with van der Waals surface area (Å²) in [6.45, 7) is 3.13. The van der Waals surface area contributed by atoms with E-state index in [1.165, 1.54) is 13.3 Å². The molecular formula is C10H15N3O3. The molecule has 0 spiro atoms. The molecule has 0 aliphatic heterocycles. The number of carbonyl (C=O) groups is 1. The Morgan fingerprint density at radius 3 is 2.94 bits per heavy atom. The lowest BCUT2D eigenvalue weighted by atomic mass is 10.4. The number of anilines is 1. The third-order valence-electron chi connectivity index (χ3n) is 2.08. The first-order chi connectivity index (χ1) is 7.72. The fourth-order valence-corrected chi connectivity index (χ4v) is 1.27. The fourth-order valence-electron chi connectivity index (χ4n) is 1.27. The minimum atomic E-state index is -0.568. The van der Waals surface area contributed by atoms with E-state index in [1.807, 2.05) is 11.8 Å². The lowest BCUT2D eigenvalue weighted by Gasteiger charge is -2.20. The zero-order valence-electron chi connectivity index (χ0n) is 9.38. The van der Waals surface area contributed by atoms with E-state index in [9.17, 15) is 4.79 Å². The van der Waals surface area contributed by atoms with Crippen molar-refractivity contribution in [1.29, 1.82) is 0 Å². The molecule has 0 amide bonds. The molecule has 88 valence electrons. The van der Waals surface area contributed by atoms with Crippen LogP contribution in [0.5, 0.6) is 0 Å². The number of rotatable bonds is 5. The van der Waals surface area contributed by atoms with E-state index in [2.05, 4.69) is 14.7 Å². The molecule has 1 aromatic heterocycles. The van der Waals surface area contributed by atoms with E-state index in [0.29, 0.717) is 18.9 Å². The van der Waals surface area contributed by atoms with E-state index in [-0.39, 0.29) is 12.4 Å². The summed E-state index contributed by atoms with van der Waals surface area (Å²) in [6.07, 6.45) is 1.49. The molecule has 0 atom stereocenters. The van der Waals surface area contributed by atoms with Gasteiger partial charge in [-0.15, -0.1) is 0 Å². The molecule has 0 unspecified atom stereocenters. The molecule has 0 aromatic carbocycles. The van der Waals surface area contributed by atoms with Gasteiger partial charge in [0.1, 0.15) is 5.82 Å². The molecule has 1 N–H and O–H groups in total. The number of likely N-dealkylation sites (N-methyl/N-ethyl adjacent to an activating group) is 1. The molecule has 1 heterocycles. The van der Waals surface area contributed by atoms with Crippen LogP contribution in [0.25, 0.3) is 0 Å². The summed E-state index contributed by atoms with van der Waals surface area (Å²) in [4.78, 5) is 20.9. The Hall–Kier alpha value is -1.69. The largest absolute Gasteiger partial charge is 0.463 e. The SMILES string of the molecule is CCN(CCO)c1ccnc(C(=O)OC)n1. The molecule has 0 saturated heterocycles. The number of hydrogen-bond acceptors (Lipinski definition) is 6. The number of aromatic nitrogens is 2. The molecule has 0 aliphatic carbocycles. The lowest BCUT2D eigenvalue weighted by Crippen LogP contribution is -2.27. The first kappa shape index (κ1) is 12.4. The van der Waals surface area contributed by atoms with Gasteiger partial charge in [-0.1, -0.05) is 0 Å². The number of ether oxygens (including phenoxy) is 1. The summed E-state index contributed by atoms with van der Waals surface area (Å²) in [6, 6.07) is 1.69.